The number of halogens is 4. The third-order valence-electron chi connectivity index (χ3n) is 3.06. The van der Waals surface area contributed by atoms with Gasteiger partial charge in [-0.15, -0.1) is 0 Å². The van der Waals surface area contributed by atoms with Crippen molar-refractivity contribution < 1.29 is 22.8 Å². The Labute approximate surface area is 135 Å². The van der Waals surface area contributed by atoms with Gasteiger partial charge in [-0.25, -0.2) is 0 Å². The third-order valence-corrected chi connectivity index (χ3v) is 3.27. The van der Waals surface area contributed by atoms with E-state index in [0.29, 0.717) is 5.56 Å². The Morgan fingerprint density at radius 3 is 2.22 bits per heavy atom. The van der Waals surface area contributed by atoms with E-state index < -0.39 is 22.8 Å². The molecule has 0 spiro atoms. The van der Waals surface area contributed by atoms with E-state index in [9.17, 15) is 22.8 Å². The fourth-order valence-corrected chi connectivity index (χ4v) is 2.09. The van der Waals surface area contributed by atoms with Gasteiger partial charge in [-0.1, -0.05) is 36.4 Å². The van der Waals surface area contributed by atoms with Gasteiger partial charge in [0.1, 0.15) is 0 Å². The van der Waals surface area contributed by atoms with Gasteiger partial charge in [0, 0.05) is 11.1 Å². The molecule has 0 saturated heterocycles. The molecular formula is C17H10ClF3O2. The molecule has 0 aliphatic heterocycles. The fourth-order valence-electron chi connectivity index (χ4n) is 1.92. The van der Waals surface area contributed by atoms with Crippen molar-refractivity contribution in [1.82, 2.24) is 0 Å². The number of hydrogen-bond donors (Lipinski definition) is 0. The maximum Gasteiger partial charge on any atom is 0.416 e. The van der Waals surface area contributed by atoms with Gasteiger partial charge in [0.2, 0.25) is 0 Å². The molecule has 0 radical (unpaired) electrons. The van der Waals surface area contributed by atoms with Crippen LogP contribution in [-0.2, 0) is 6.18 Å². The lowest BCUT2D eigenvalue weighted by molar-refractivity contribution is -0.137. The van der Waals surface area contributed by atoms with Crippen molar-refractivity contribution in [3.05, 3.63) is 76.9 Å². The Morgan fingerprint density at radius 1 is 1.00 bits per heavy atom. The van der Waals surface area contributed by atoms with Gasteiger partial charge in [-0.05, 0) is 41.4 Å². The number of alkyl halides is 3. The normalized spacial score (nSPS) is 11.7. The predicted molar refractivity (Wildman–Crippen MR) is 81.4 cm³/mol. The summed E-state index contributed by atoms with van der Waals surface area (Å²) in [5.41, 5.74) is -0.707. The van der Waals surface area contributed by atoms with Gasteiger partial charge in [-0.3, -0.25) is 9.59 Å². The molecule has 0 atom stereocenters. The van der Waals surface area contributed by atoms with Crippen LogP contribution in [-0.4, -0.2) is 11.0 Å². The van der Waals surface area contributed by atoms with E-state index in [-0.39, 0.29) is 11.1 Å². The van der Waals surface area contributed by atoms with Crippen LogP contribution in [0.15, 0.2) is 54.6 Å². The minimum absolute atomic E-state index is 0.0656. The number of ketones is 1. The maximum atomic E-state index is 12.8. The Kier molecular flexibility index (Phi) is 5.01. The van der Waals surface area contributed by atoms with Gasteiger partial charge in [0.05, 0.1) is 5.56 Å². The molecule has 118 valence electrons. The Morgan fingerprint density at radius 2 is 1.65 bits per heavy atom. The first-order valence-corrected chi connectivity index (χ1v) is 6.85. The minimum atomic E-state index is -4.56. The van der Waals surface area contributed by atoms with Crippen molar-refractivity contribution in [2.45, 2.75) is 6.18 Å². The van der Waals surface area contributed by atoms with E-state index >= 15 is 0 Å². The highest BCUT2D eigenvalue weighted by Gasteiger charge is 2.31. The molecule has 2 nitrogen and oxygen atoms in total. The zero-order valence-electron chi connectivity index (χ0n) is 11.6. The quantitative estimate of drug-likeness (QED) is 0.447. The van der Waals surface area contributed by atoms with Crippen LogP contribution in [0.2, 0.25) is 0 Å². The zero-order valence-corrected chi connectivity index (χ0v) is 12.4. The first-order valence-electron chi connectivity index (χ1n) is 6.47. The first kappa shape index (κ1) is 17.0. The summed E-state index contributed by atoms with van der Waals surface area (Å²) in [6.07, 6.45) is -2.30. The summed E-state index contributed by atoms with van der Waals surface area (Å²) in [5, 5.41) is -0.898. The van der Waals surface area contributed by atoms with Crippen molar-refractivity contribution in [3.63, 3.8) is 0 Å². The van der Waals surface area contributed by atoms with E-state index in [1.165, 1.54) is 0 Å². The van der Waals surface area contributed by atoms with Crippen LogP contribution in [0.25, 0.3) is 6.08 Å². The standard InChI is InChI=1S/C17H10ClF3O2/c18-16(23)14-8-7-13(17(19,20)21)10-12(14)6-9-15(22)11-4-2-1-3-5-11/h1-10H. The molecule has 0 aliphatic carbocycles. The van der Waals surface area contributed by atoms with Crippen LogP contribution in [0.3, 0.4) is 0 Å². The average Bonchev–Trinajstić information content (AvgIpc) is 2.52. The van der Waals surface area contributed by atoms with Gasteiger partial charge in [0.15, 0.2) is 5.78 Å². The fraction of sp³-hybridized carbons (Fsp3) is 0.0588. The second-order valence-corrected chi connectivity index (χ2v) is 4.98. The Balaban J connectivity index is 2.39. The highest BCUT2D eigenvalue weighted by atomic mass is 35.5. The van der Waals surface area contributed by atoms with Crippen molar-refractivity contribution in [3.8, 4) is 0 Å². The molecule has 23 heavy (non-hydrogen) atoms. The maximum absolute atomic E-state index is 12.8. The Hall–Kier alpha value is -2.40. The summed E-state index contributed by atoms with van der Waals surface area (Å²) in [6.45, 7) is 0. The summed E-state index contributed by atoms with van der Waals surface area (Å²) in [5.74, 6) is -0.393. The lowest BCUT2D eigenvalue weighted by Crippen LogP contribution is -2.06. The lowest BCUT2D eigenvalue weighted by atomic mass is 10.0. The lowest BCUT2D eigenvalue weighted by Gasteiger charge is -2.09. The topological polar surface area (TPSA) is 34.1 Å². The number of benzene rings is 2. The minimum Gasteiger partial charge on any atom is -0.289 e. The highest BCUT2D eigenvalue weighted by Crippen LogP contribution is 2.31. The van der Waals surface area contributed by atoms with E-state index in [1.807, 2.05) is 0 Å². The third kappa shape index (κ3) is 4.29. The van der Waals surface area contributed by atoms with Crippen LogP contribution >= 0.6 is 11.6 Å². The molecule has 0 unspecified atom stereocenters. The molecule has 0 bridgehead atoms. The van der Waals surface area contributed by atoms with Gasteiger partial charge in [-0.2, -0.15) is 13.2 Å². The summed E-state index contributed by atoms with van der Waals surface area (Å²) >= 11 is 5.37. The molecule has 2 rings (SSSR count). The number of carbonyl (C=O) groups is 2. The van der Waals surface area contributed by atoms with E-state index in [4.69, 9.17) is 11.6 Å². The van der Waals surface area contributed by atoms with Crippen LogP contribution in [0.1, 0.15) is 31.8 Å². The molecule has 0 amide bonds. The molecule has 2 aromatic rings. The summed E-state index contributed by atoms with van der Waals surface area (Å²) < 4.78 is 38.3. The van der Waals surface area contributed by atoms with Crippen molar-refractivity contribution in [2.24, 2.45) is 0 Å². The second kappa shape index (κ2) is 6.79. The van der Waals surface area contributed by atoms with Crippen LogP contribution < -0.4 is 0 Å². The largest absolute Gasteiger partial charge is 0.416 e. The molecule has 6 heteroatoms. The van der Waals surface area contributed by atoms with Crippen LogP contribution in [0.5, 0.6) is 0 Å². The van der Waals surface area contributed by atoms with Crippen molar-refractivity contribution >= 4 is 28.7 Å². The molecule has 0 aromatic heterocycles. The van der Waals surface area contributed by atoms with Gasteiger partial charge < -0.3 is 0 Å². The highest BCUT2D eigenvalue weighted by molar-refractivity contribution is 6.68. The van der Waals surface area contributed by atoms with Crippen LogP contribution in [0, 0.1) is 0 Å². The number of hydrogen-bond acceptors (Lipinski definition) is 2. The Bertz CT molecular complexity index is 765. The van der Waals surface area contributed by atoms with Crippen molar-refractivity contribution in [1.29, 1.82) is 0 Å². The number of rotatable bonds is 4. The first-order chi connectivity index (χ1) is 10.8. The van der Waals surface area contributed by atoms with Gasteiger partial charge >= 0.3 is 6.18 Å². The number of carbonyl (C=O) groups excluding carboxylic acids is 2. The second-order valence-electron chi connectivity index (χ2n) is 4.64. The molecule has 0 fully saturated rings. The molecule has 0 N–H and O–H groups in total. The smallest absolute Gasteiger partial charge is 0.289 e. The van der Waals surface area contributed by atoms with Gasteiger partial charge in [0.25, 0.3) is 5.24 Å². The molecular weight excluding hydrogens is 329 g/mol. The summed E-state index contributed by atoms with van der Waals surface area (Å²) in [6, 6.07) is 10.8. The summed E-state index contributed by atoms with van der Waals surface area (Å²) in [7, 11) is 0. The number of allylic oxidation sites excluding steroid dienone is 1. The monoisotopic (exact) mass is 338 g/mol. The zero-order chi connectivity index (χ0) is 17.0. The summed E-state index contributed by atoms with van der Waals surface area (Å²) in [4.78, 5) is 23.3. The predicted octanol–water partition coefficient (Wildman–Crippen LogP) is 4.98. The molecule has 0 saturated carbocycles. The SMILES string of the molecule is O=C(C=Cc1cc(C(F)(F)F)ccc1C(=O)Cl)c1ccccc1. The van der Waals surface area contributed by atoms with Crippen LogP contribution in [0.4, 0.5) is 13.2 Å². The van der Waals surface area contributed by atoms with E-state index in [0.717, 1.165) is 30.4 Å². The molecule has 0 aliphatic rings. The van der Waals surface area contributed by atoms with E-state index in [1.54, 1.807) is 30.3 Å². The van der Waals surface area contributed by atoms with Crippen molar-refractivity contribution in [2.75, 3.05) is 0 Å². The average molecular weight is 339 g/mol. The molecule has 2 aromatic carbocycles. The molecule has 0 heterocycles. The van der Waals surface area contributed by atoms with E-state index in [2.05, 4.69) is 0 Å².